The fraction of sp³-hybridized carbons (Fsp3) is 0.500. The number of nitrogens with one attached hydrogen (secondary N) is 1. The number of carbonyl (C=O) groups is 2. The van der Waals surface area contributed by atoms with Crippen LogP contribution in [0.5, 0.6) is 0 Å². The Bertz CT molecular complexity index is 558. The summed E-state index contributed by atoms with van der Waals surface area (Å²) in [5, 5.41) is 2.86. The molecule has 4 nitrogen and oxygen atoms in total. The van der Waals surface area contributed by atoms with Crippen molar-refractivity contribution in [1.29, 1.82) is 0 Å². The molecule has 0 radical (unpaired) electrons. The lowest BCUT2D eigenvalue weighted by atomic mass is 9.87. The number of anilines is 1. The number of amides is 1. The number of halogens is 1. The van der Waals surface area contributed by atoms with Crippen molar-refractivity contribution in [1.82, 2.24) is 4.98 Å². The summed E-state index contributed by atoms with van der Waals surface area (Å²) in [7, 11) is 0. The maximum atomic E-state index is 12.3. The Hall–Kier alpha value is -1.23. The van der Waals surface area contributed by atoms with E-state index in [1.807, 2.05) is 13.0 Å². The van der Waals surface area contributed by atoms with Crippen LogP contribution in [-0.2, 0) is 9.59 Å². The van der Waals surface area contributed by atoms with Gasteiger partial charge in [-0.3, -0.25) is 9.59 Å². The smallest absolute Gasteiger partial charge is 0.229 e. The standard InChI is InChI=1S/C14H15BrN2O2/c1-7-2-9(15)6-16-13(7)17-14(19)11-4-8-3-10(11)12(18)5-8/h2,6,8,10-11H,3-5H2,1H3,(H,16,17,19)/t8-,10+,11?/m0/s1. The molecule has 0 aliphatic heterocycles. The Labute approximate surface area is 120 Å². The number of aryl methyl sites for hydroxylation is 1. The van der Waals surface area contributed by atoms with Gasteiger partial charge in [-0.05, 0) is 53.2 Å². The van der Waals surface area contributed by atoms with Crippen molar-refractivity contribution in [2.75, 3.05) is 5.32 Å². The zero-order valence-corrected chi connectivity index (χ0v) is 12.2. The van der Waals surface area contributed by atoms with Crippen LogP contribution in [0.2, 0.25) is 0 Å². The molecule has 2 aliphatic carbocycles. The molecule has 1 aromatic heterocycles. The molecule has 3 atom stereocenters. The van der Waals surface area contributed by atoms with Crippen molar-refractivity contribution in [2.45, 2.75) is 26.2 Å². The van der Waals surface area contributed by atoms with Gasteiger partial charge in [-0.1, -0.05) is 0 Å². The van der Waals surface area contributed by atoms with E-state index < -0.39 is 0 Å². The first kappa shape index (κ1) is 12.8. The van der Waals surface area contributed by atoms with Crippen molar-refractivity contribution in [3.8, 4) is 0 Å². The maximum Gasteiger partial charge on any atom is 0.229 e. The summed E-state index contributed by atoms with van der Waals surface area (Å²) < 4.78 is 0.887. The Kier molecular flexibility index (Phi) is 3.17. The minimum atomic E-state index is -0.156. The zero-order chi connectivity index (χ0) is 13.6. The third kappa shape index (κ3) is 2.31. The molecule has 2 saturated carbocycles. The second kappa shape index (κ2) is 4.71. The van der Waals surface area contributed by atoms with Crippen LogP contribution in [0.1, 0.15) is 24.8 Å². The summed E-state index contributed by atoms with van der Waals surface area (Å²) in [6.07, 6.45) is 4.07. The van der Waals surface area contributed by atoms with Crippen LogP contribution < -0.4 is 5.32 Å². The van der Waals surface area contributed by atoms with Crippen molar-refractivity contribution in [3.05, 3.63) is 22.3 Å². The first-order valence-corrected chi connectivity index (χ1v) is 7.29. The van der Waals surface area contributed by atoms with E-state index in [1.165, 1.54) is 0 Å². The van der Waals surface area contributed by atoms with Crippen LogP contribution in [0.3, 0.4) is 0 Å². The van der Waals surface area contributed by atoms with Gasteiger partial charge in [0.15, 0.2) is 0 Å². The molecule has 3 rings (SSSR count). The average molecular weight is 323 g/mol. The Morgan fingerprint density at radius 3 is 2.89 bits per heavy atom. The summed E-state index contributed by atoms with van der Waals surface area (Å²) in [6.45, 7) is 1.90. The number of fused-ring (bicyclic) bond motifs is 2. The quantitative estimate of drug-likeness (QED) is 0.910. The topological polar surface area (TPSA) is 59.1 Å². The number of rotatable bonds is 2. The van der Waals surface area contributed by atoms with Crippen LogP contribution in [0.4, 0.5) is 5.82 Å². The molecular weight excluding hydrogens is 308 g/mol. The van der Waals surface area contributed by atoms with E-state index >= 15 is 0 Å². The number of carbonyl (C=O) groups excluding carboxylic acids is 2. The highest BCUT2D eigenvalue weighted by atomic mass is 79.9. The summed E-state index contributed by atoms with van der Waals surface area (Å²) >= 11 is 3.34. The third-order valence-electron chi connectivity index (χ3n) is 4.19. The molecule has 1 heterocycles. The predicted molar refractivity (Wildman–Crippen MR) is 74.6 cm³/mol. The Morgan fingerprint density at radius 1 is 1.47 bits per heavy atom. The molecule has 0 saturated heterocycles. The molecule has 0 spiro atoms. The summed E-state index contributed by atoms with van der Waals surface area (Å²) in [5.41, 5.74) is 0.914. The second-order valence-corrected chi connectivity index (χ2v) is 6.44. The van der Waals surface area contributed by atoms with Gasteiger partial charge in [-0.25, -0.2) is 4.98 Å². The Balaban J connectivity index is 1.73. The van der Waals surface area contributed by atoms with Gasteiger partial charge in [-0.2, -0.15) is 0 Å². The van der Waals surface area contributed by atoms with Crippen molar-refractivity contribution in [2.24, 2.45) is 17.8 Å². The second-order valence-electron chi connectivity index (χ2n) is 5.53. The maximum absolute atomic E-state index is 12.3. The normalized spacial score (nSPS) is 28.7. The summed E-state index contributed by atoms with van der Waals surface area (Å²) in [4.78, 5) is 28.2. The van der Waals surface area contributed by atoms with Gasteiger partial charge >= 0.3 is 0 Å². The van der Waals surface area contributed by atoms with Crippen molar-refractivity contribution < 1.29 is 9.59 Å². The summed E-state index contributed by atoms with van der Waals surface area (Å²) in [6, 6.07) is 1.91. The monoisotopic (exact) mass is 322 g/mol. The van der Waals surface area contributed by atoms with Crippen LogP contribution in [0.15, 0.2) is 16.7 Å². The molecule has 2 bridgehead atoms. The van der Waals surface area contributed by atoms with Gasteiger partial charge in [0.2, 0.25) is 5.91 Å². The number of hydrogen-bond acceptors (Lipinski definition) is 3. The molecule has 1 aromatic rings. The van der Waals surface area contributed by atoms with Crippen molar-refractivity contribution >= 4 is 33.4 Å². The molecule has 1 amide bonds. The van der Waals surface area contributed by atoms with E-state index in [4.69, 9.17) is 0 Å². The number of nitrogens with zero attached hydrogens (tertiary/aromatic N) is 1. The first-order chi connectivity index (χ1) is 9.04. The van der Waals surface area contributed by atoms with E-state index in [0.29, 0.717) is 18.2 Å². The molecule has 5 heteroatoms. The van der Waals surface area contributed by atoms with Gasteiger partial charge in [-0.15, -0.1) is 0 Å². The third-order valence-corrected chi connectivity index (χ3v) is 4.62. The molecule has 0 aromatic carbocycles. The minimum Gasteiger partial charge on any atom is -0.310 e. The number of pyridine rings is 1. The molecule has 100 valence electrons. The lowest BCUT2D eigenvalue weighted by Crippen LogP contribution is -2.31. The van der Waals surface area contributed by atoms with Gasteiger partial charge < -0.3 is 5.32 Å². The van der Waals surface area contributed by atoms with E-state index in [9.17, 15) is 9.59 Å². The molecule has 1 N–H and O–H groups in total. The van der Waals surface area contributed by atoms with Gasteiger partial charge in [0, 0.05) is 28.9 Å². The van der Waals surface area contributed by atoms with Crippen LogP contribution in [-0.4, -0.2) is 16.7 Å². The molecule has 19 heavy (non-hydrogen) atoms. The van der Waals surface area contributed by atoms with Crippen LogP contribution in [0.25, 0.3) is 0 Å². The van der Waals surface area contributed by atoms with E-state index in [1.54, 1.807) is 6.20 Å². The molecular formula is C14H15BrN2O2. The van der Waals surface area contributed by atoms with Crippen LogP contribution in [0, 0.1) is 24.7 Å². The lowest BCUT2D eigenvalue weighted by Gasteiger charge is -2.20. The fourth-order valence-electron chi connectivity index (χ4n) is 3.27. The van der Waals surface area contributed by atoms with Gasteiger partial charge in [0.05, 0.1) is 0 Å². The highest BCUT2D eigenvalue weighted by molar-refractivity contribution is 9.10. The first-order valence-electron chi connectivity index (χ1n) is 6.50. The summed E-state index contributed by atoms with van der Waals surface area (Å²) in [5.74, 6) is 1.00. The highest BCUT2D eigenvalue weighted by Gasteiger charge is 2.48. The largest absolute Gasteiger partial charge is 0.310 e. The highest BCUT2D eigenvalue weighted by Crippen LogP contribution is 2.46. The van der Waals surface area contributed by atoms with E-state index in [2.05, 4.69) is 26.2 Å². The zero-order valence-electron chi connectivity index (χ0n) is 10.6. The fourth-order valence-corrected chi connectivity index (χ4v) is 3.72. The SMILES string of the molecule is Cc1cc(Br)cnc1NC(=O)C1C[C@H]2CC(=O)[C@@H]1C2. The number of ketones is 1. The Morgan fingerprint density at radius 2 is 2.26 bits per heavy atom. The van der Waals surface area contributed by atoms with Gasteiger partial charge in [0.25, 0.3) is 0 Å². The molecule has 1 unspecified atom stereocenters. The number of hydrogen-bond donors (Lipinski definition) is 1. The lowest BCUT2D eigenvalue weighted by molar-refractivity contribution is -0.130. The number of Topliss-reactive ketones (excluding diaryl/α,β-unsaturated/α-hetero) is 1. The predicted octanol–water partition coefficient (Wildman–Crippen LogP) is 2.71. The number of aromatic nitrogens is 1. The van der Waals surface area contributed by atoms with Crippen molar-refractivity contribution in [3.63, 3.8) is 0 Å². The van der Waals surface area contributed by atoms with E-state index in [-0.39, 0.29) is 23.5 Å². The van der Waals surface area contributed by atoms with Crippen LogP contribution >= 0.6 is 15.9 Å². The molecule has 2 fully saturated rings. The average Bonchev–Trinajstić information content (AvgIpc) is 2.91. The van der Waals surface area contributed by atoms with Gasteiger partial charge in [0.1, 0.15) is 11.6 Å². The van der Waals surface area contributed by atoms with E-state index in [0.717, 1.165) is 22.9 Å². The molecule has 2 aliphatic rings. The minimum absolute atomic E-state index is 0.0549.